The topological polar surface area (TPSA) is 70.8 Å². The highest BCUT2D eigenvalue weighted by Crippen LogP contribution is 2.31. The summed E-state index contributed by atoms with van der Waals surface area (Å²) in [6.45, 7) is 8.31. The fourth-order valence-corrected chi connectivity index (χ4v) is 3.19. The van der Waals surface area contributed by atoms with E-state index in [-0.39, 0.29) is 11.5 Å². The number of carbonyl (C=O) groups excluding carboxylic acids is 1. The quantitative estimate of drug-likeness (QED) is 0.630. The molecule has 0 aromatic heterocycles. The third-order valence-electron chi connectivity index (χ3n) is 4.85. The number of nitrogens with two attached hydrogens (primary N) is 1. The van der Waals surface area contributed by atoms with E-state index in [1.165, 1.54) is 5.56 Å². The number of amides is 1. The highest BCUT2D eigenvalue weighted by molar-refractivity contribution is 5.64. The molecular weight excluding hydrogens is 330 g/mol. The molecule has 5 heteroatoms. The normalized spacial score (nSPS) is 21.0. The van der Waals surface area contributed by atoms with Crippen LogP contribution in [0.2, 0.25) is 0 Å². The van der Waals surface area contributed by atoms with Crippen molar-refractivity contribution in [1.29, 1.82) is 0 Å². The molecule has 146 valence electrons. The first-order chi connectivity index (χ1) is 12.3. The fraction of sp³-hybridized carbons (Fsp3) is 0.667. The molecule has 2 N–H and O–H groups in total. The number of primary amides is 1. The van der Waals surface area contributed by atoms with Crippen LogP contribution in [0.15, 0.2) is 30.3 Å². The van der Waals surface area contributed by atoms with Gasteiger partial charge in [0.05, 0.1) is 19.3 Å². The molecule has 1 aliphatic rings. The molecule has 1 aromatic carbocycles. The van der Waals surface area contributed by atoms with Crippen LogP contribution >= 0.6 is 0 Å². The molecule has 1 saturated carbocycles. The lowest BCUT2D eigenvalue weighted by Crippen LogP contribution is -2.35. The SMILES string of the molecule is CC(C)(C)C(CCCOC1CC(COCc2ccccc2)C1)OC(N)=O. The minimum Gasteiger partial charge on any atom is -0.446 e. The summed E-state index contributed by atoms with van der Waals surface area (Å²) in [7, 11) is 0. The van der Waals surface area contributed by atoms with Crippen molar-refractivity contribution >= 4 is 6.09 Å². The first-order valence-corrected chi connectivity index (χ1v) is 9.54. The summed E-state index contributed by atoms with van der Waals surface area (Å²) >= 11 is 0. The zero-order valence-corrected chi connectivity index (χ0v) is 16.3. The van der Waals surface area contributed by atoms with E-state index in [0.29, 0.717) is 25.2 Å². The Bertz CT molecular complexity index is 535. The summed E-state index contributed by atoms with van der Waals surface area (Å²) in [5.74, 6) is 0.601. The summed E-state index contributed by atoms with van der Waals surface area (Å²) in [5.41, 5.74) is 6.26. The molecule has 2 rings (SSSR count). The highest BCUT2D eigenvalue weighted by Gasteiger charge is 2.30. The van der Waals surface area contributed by atoms with E-state index < -0.39 is 6.09 Å². The Kier molecular flexibility index (Phi) is 7.91. The second-order valence-corrected chi connectivity index (χ2v) is 8.26. The first kappa shape index (κ1) is 20.7. The van der Waals surface area contributed by atoms with Gasteiger partial charge in [-0.15, -0.1) is 0 Å². The van der Waals surface area contributed by atoms with Crippen molar-refractivity contribution < 1.29 is 19.0 Å². The smallest absolute Gasteiger partial charge is 0.404 e. The van der Waals surface area contributed by atoms with Crippen molar-refractivity contribution in [3.63, 3.8) is 0 Å². The predicted octanol–water partition coefficient (Wildman–Crippen LogP) is 4.29. The summed E-state index contributed by atoms with van der Waals surface area (Å²) < 4.78 is 16.9. The average Bonchev–Trinajstić information content (AvgIpc) is 2.53. The van der Waals surface area contributed by atoms with Gasteiger partial charge in [0.25, 0.3) is 0 Å². The number of carbonyl (C=O) groups is 1. The van der Waals surface area contributed by atoms with Gasteiger partial charge in [0.2, 0.25) is 0 Å². The predicted molar refractivity (Wildman–Crippen MR) is 102 cm³/mol. The Labute approximate surface area is 157 Å². The maximum absolute atomic E-state index is 11.0. The average molecular weight is 363 g/mol. The van der Waals surface area contributed by atoms with E-state index in [0.717, 1.165) is 32.3 Å². The molecule has 0 heterocycles. The Morgan fingerprint density at radius 2 is 1.92 bits per heavy atom. The lowest BCUT2D eigenvalue weighted by Gasteiger charge is -2.35. The maximum Gasteiger partial charge on any atom is 0.404 e. The molecule has 0 aliphatic heterocycles. The van der Waals surface area contributed by atoms with Gasteiger partial charge in [-0.2, -0.15) is 0 Å². The van der Waals surface area contributed by atoms with Crippen LogP contribution in [0.1, 0.15) is 52.0 Å². The van der Waals surface area contributed by atoms with Crippen molar-refractivity contribution in [3.8, 4) is 0 Å². The van der Waals surface area contributed by atoms with Crippen LogP contribution in [0.5, 0.6) is 0 Å². The lowest BCUT2D eigenvalue weighted by atomic mass is 9.83. The van der Waals surface area contributed by atoms with E-state index in [9.17, 15) is 4.79 Å². The number of rotatable bonds is 10. The molecule has 0 bridgehead atoms. The third kappa shape index (κ3) is 7.34. The van der Waals surface area contributed by atoms with Gasteiger partial charge in [0.15, 0.2) is 0 Å². The number of benzene rings is 1. The lowest BCUT2D eigenvalue weighted by molar-refractivity contribution is -0.0626. The largest absolute Gasteiger partial charge is 0.446 e. The van der Waals surface area contributed by atoms with E-state index in [2.05, 4.69) is 12.1 Å². The number of hydrogen-bond donors (Lipinski definition) is 1. The summed E-state index contributed by atoms with van der Waals surface area (Å²) in [5, 5.41) is 0. The summed E-state index contributed by atoms with van der Waals surface area (Å²) in [6, 6.07) is 10.2. The molecule has 1 aliphatic carbocycles. The molecule has 26 heavy (non-hydrogen) atoms. The molecule has 1 atom stereocenters. The van der Waals surface area contributed by atoms with Gasteiger partial charge in [-0.3, -0.25) is 0 Å². The minimum atomic E-state index is -0.705. The fourth-order valence-electron chi connectivity index (χ4n) is 3.19. The van der Waals surface area contributed by atoms with E-state index >= 15 is 0 Å². The monoisotopic (exact) mass is 363 g/mol. The van der Waals surface area contributed by atoms with Crippen LogP contribution < -0.4 is 5.73 Å². The van der Waals surface area contributed by atoms with E-state index in [1.54, 1.807) is 0 Å². The standard InChI is InChI=1S/C21H33NO4/c1-21(2,3)19(26-20(22)23)10-7-11-25-18-12-17(13-18)15-24-14-16-8-5-4-6-9-16/h4-6,8-9,17-19H,7,10-15H2,1-3H3,(H2,22,23). The van der Waals surface area contributed by atoms with E-state index in [1.807, 2.05) is 39.0 Å². The molecule has 1 amide bonds. The van der Waals surface area contributed by atoms with Gasteiger partial charge in [0, 0.05) is 6.61 Å². The van der Waals surface area contributed by atoms with E-state index in [4.69, 9.17) is 19.9 Å². The van der Waals surface area contributed by atoms with Gasteiger partial charge < -0.3 is 19.9 Å². The number of ether oxygens (including phenoxy) is 3. The second kappa shape index (κ2) is 9.93. The van der Waals surface area contributed by atoms with Crippen molar-refractivity contribution in [2.24, 2.45) is 17.1 Å². The Morgan fingerprint density at radius 1 is 1.23 bits per heavy atom. The van der Waals surface area contributed by atoms with Gasteiger partial charge in [-0.1, -0.05) is 51.1 Å². The highest BCUT2D eigenvalue weighted by atomic mass is 16.6. The van der Waals surface area contributed by atoms with Crippen LogP contribution in [0, 0.1) is 11.3 Å². The molecule has 5 nitrogen and oxygen atoms in total. The van der Waals surface area contributed by atoms with Gasteiger partial charge in [0.1, 0.15) is 6.10 Å². The molecule has 1 aromatic rings. The van der Waals surface area contributed by atoms with Crippen LogP contribution in [0.25, 0.3) is 0 Å². The summed E-state index contributed by atoms with van der Waals surface area (Å²) in [4.78, 5) is 11.0. The zero-order chi connectivity index (χ0) is 19.0. The Morgan fingerprint density at radius 3 is 2.54 bits per heavy atom. The minimum absolute atomic E-state index is 0.118. The van der Waals surface area contributed by atoms with Crippen molar-refractivity contribution in [3.05, 3.63) is 35.9 Å². The van der Waals surface area contributed by atoms with Gasteiger partial charge in [-0.05, 0) is 42.6 Å². The van der Waals surface area contributed by atoms with Crippen molar-refractivity contribution in [2.75, 3.05) is 13.2 Å². The molecule has 0 saturated heterocycles. The number of hydrogen-bond acceptors (Lipinski definition) is 4. The van der Waals surface area contributed by atoms with Crippen LogP contribution in [0.3, 0.4) is 0 Å². The second-order valence-electron chi connectivity index (χ2n) is 8.26. The summed E-state index contributed by atoms with van der Waals surface area (Å²) in [6.07, 6.45) is 3.21. The molecular formula is C21H33NO4. The Balaban J connectivity index is 1.52. The molecule has 0 spiro atoms. The van der Waals surface area contributed by atoms with Crippen LogP contribution in [0.4, 0.5) is 4.79 Å². The van der Waals surface area contributed by atoms with Crippen LogP contribution in [-0.4, -0.2) is 31.5 Å². The van der Waals surface area contributed by atoms with Gasteiger partial charge in [-0.25, -0.2) is 4.79 Å². The van der Waals surface area contributed by atoms with Crippen molar-refractivity contribution in [2.45, 2.75) is 65.3 Å². The van der Waals surface area contributed by atoms with Crippen molar-refractivity contribution in [1.82, 2.24) is 0 Å². The third-order valence-corrected chi connectivity index (χ3v) is 4.85. The first-order valence-electron chi connectivity index (χ1n) is 9.54. The molecule has 0 radical (unpaired) electrons. The molecule has 1 unspecified atom stereocenters. The molecule has 1 fully saturated rings. The maximum atomic E-state index is 11.0. The Hall–Kier alpha value is -1.59. The van der Waals surface area contributed by atoms with Crippen LogP contribution in [-0.2, 0) is 20.8 Å². The van der Waals surface area contributed by atoms with Gasteiger partial charge >= 0.3 is 6.09 Å². The zero-order valence-electron chi connectivity index (χ0n) is 16.3.